The molecule has 3 unspecified atom stereocenters. The van der Waals surface area contributed by atoms with E-state index in [4.69, 9.17) is 0 Å². The zero-order chi connectivity index (χ0) is 10.6. The molecule has 1 saturated heterocycles. The molecule has 1 aliphatic heterocycles. The van der Waals surface area contributed by atoms with E-state index < -0.39 is 0 Å². The average molecular weight is 198 g/mol. The van der Waals surface area contributed by atoms with E-state index in [0.29, 0.717) is 6.17 Å². The zero-order valence-electron chi connectivity index (χ0n) is 10.1. The van der Waals surface area contributed by atoms with Gasteiger partial charge in [0, 0.05) is 0 Å². The van der Waals surface area contributed by atoms with E-state index in [1.807, 2.05) is 0 Å². The number of hydrogen-bond donors (Lipinski definition) is 2. The van der Waals surface area contributed by atoms with Gasteiger partial charge in [0.1, 0.15) is 0 Å². The molecule has 1 rings (SSSR count). The Balaban J connectivity index is 2.40. The molecular formula is C12H26N2. The smallest absolute Gasteiger partial charge is 0.0542 e. The lowest BCUT2D eigenvalue weighted by Crippen LogP contribution is -2.46. The number of nitrogens with one attached hydrogen (secondary N) is 2. The van der Waals surface area contributed by atoms with Crippen molar-refractivity contribution < 1.29 is 0 Å². The summed E-state index contributed by atoms with van der Waals surface area (Å²) in [5, 5.41) is 7.05. The lowest BCUT2D eigenvalue weighted by molar-refractivity contribution is 0.260. The van der Waals surface area contributed by atoms with Crippen LogP contribution in [0.2, 0.25) is 0 Å². The predicted octanol–water partition coefficient (Wildman–Crippen LogP) is 2.21. The van der Waals surface area contributed by atoms with Crippen molar-refractivity contribution in [1.82, 2.24) is 10.6 Å². The minimum Gasteiger partial charge on any atom is -0.302 e. The molecule has 0 amide bonds. The molecule has 2 N–H and O–H groups in total. The maximum atomic E-state index is 3.55. The van der Waals surface area contributed by atoms with Crippen LogP contribution in [0.25, 0.3) is 0 Å². The molecule has 0 bridgehead atoms. The van der Waals surface area contributed by atoms with E-state index in [1.54, 1.807) is 0 Å². The Morgan fingerprint density at radius 2 is 1.79 bits per heavy atom. The van der Waals surface area contributed by atoms with Gasteiger partial charge in [-0.05, 0) is 50.6 Å². The van der Waals surface area contributed by atoms with Gasteiger partial charge in [-0.1, -0.05) is 20.8 Å². The lowest BCUT2D eigenvalue weighted by atomic mass is 9.88. The summed E-state index contributed by atoms with van der Waals surface area (Å²) in [4.78, 5) is 0. The van der Waals surface area contributed by atoms with E-state index in [1.165, 1.54) is 19.4 Å². The van der Waals surface area contributed by atoms with Gasteiger partial charge in [-0.15, -0.1) is 0 Å². The molecule has 2 heteroatoms. The third kappa shape index (κ3) is 4.43. The van der Waals surface area contributed by atoms with Gasteiger partial charge in [0.05, 0.1) is 6.17 Å². The molecule has 2 nitrogen and oxygen atoms in total. The first kappa shape index (κ1) is 12.0. The fourth-order valence-electron chi connectivity index (χ4n) is 2.38. The van der Waals surface area contributed by atoms with Crippen molar-refractivity contribution in [2.75, 3.05) is 13.1 Å². The minimum atomic E-state index is 0.479. The van der Waals surface area contributed by atoms with Crippen LogP contribution in [0.15, 0.2) is 0 Å². The fraction of sp³-hybridized carbons (Fsp3) is 1.00. The van der Waals surface area contributed by atoms with Gasteiger partial charge in [0.2, 0.25) is 0 Å². The second kappa shape index (κ2) is 5.72. The van der Waals surface area contributed by atoms with E-state index in [0.717, 1.165) is 24.3 Å². The van der Waals surface area contributed by atoms with E-state index in [-0.39, 0.29) is 0 Å². The van der Waals surface area contributed by atoms with Crippen molar-refractivity contribution >= 4 is 0 Å². The Bertz CT molecular complexity index is 156. The first-order valence-electron chi connectivity index (χ1n) is 6.04. The van der Waals surface area contributed by atoms with E-state index in [2.05, 4.69) is 38.3 Å². The normalized spacial score (nSPS) is 35.4. The summed E-state index contributed by atoms with van der Waals surface area (Å²) in [6.07, 6.45) is 3.21. The highest BCUT2D eigenvalue weighted by Gasteiger charge is 2.18. The fourth-order valence-corrected chi connectivity index (χ4v) is 2.38. The third-order valence-corrected chi connectivity index (χ3v) is 3.03. The standard InChI is InChI=1S/C12H26N2/c1-9(2)5-12-6-10(3)7-13-11(4)14-8-12/h9-14H,5-8H2,1-4H3. The summed E-state index contributed by atoms with van der Waals surface area (Å²) >= 11 is 0. The topological polar surface area (TPSA) is 24.1 Å². The summed E-state index contributed by atoms with van der Waals surface area (Å²) in [7, 11) is 0. The first-order valence-corrected chi connectivity index (χ1v) is 6.04. The molecule has 0 spiro atoms. The van der Waals surface area contributed by atoms with Gasteiger partial charge in [-0.2, -0.15) is 0 Å². The number of rotatable bonds is 2. The Morgan fingerprint density at radius 1 is 1.14 bits per heavy atom. The van der Waals surface area contributed by atoms with Crippen LogP contribution in [-0.2, 0) is 0 Å². The largest absolute Gasteiger partial charge is 0.302 e. The molecule has 0 saturated carbocycles. The van der Waals surface area contributed by atoms with Crippen LogP contribution in [0.4, 0.5) is 0 Å². The summed E-state index contributed by atoms with van der Waals surface area (Å²) < 4.78 is 0. The summed E-state index contributed by atoms with van der Waals surface area (Å²) in [5.74, 6) is 2.52. The van der Waals surface area contributed by atoms with Crippen LogP contribution in [0, 0.1) is 17.8 Å². The Morgan fingerprint density at radius 3 is 2.43 bits per heavy atom. The number of hydrogen-bond acceptors (Lipinski definition) is 2. The van der Waals surface area contributed by atoms with Crippen molar-refractivity contribution in [2.24, 2.45) is 17.8 Å². The monoisotopic (exact) mass is 198 g/mol. The zero-order valence-corrected chi connectivity index (χ0v) is 10.1. The average Bonchev–Trinajstić information content (AvgIpc) is 2.08. The van der Waals surface area contributed by atoms with E-state index in [9.17, 15) is 0 Å². The van der Waals surface area contributed by atoms with Crippen molar-refractivity contribution in [3.63, 3.8) is 0 Å². The first-order chi connectivity index (χ1) is 6.58. The molecule has 3 atom stereocenters. The van der Waals surface area contributed by atoms with Crippen LogP contribution in [0.3, 0.4) is 0 Å². The highest BCUT2D eigenvalue weighted by Crippen LogP contribution is 2.20. The van der Waals surface area contributed by atoms with Gasteiger partial charge in [-0.3, -0.25) is 0 Å². The second-order valence-corrected chi connectivity index (χ2v) is 5.37. The van der Waals surface area contributed by atoms with Crippen LogP contribution in [-0.4, -0.2) is 19.3 Å². The summed E-state index contributed by atoms with van der Waals surface area (Å²) in [5.41, 5.74) is 0. The Hall–Kier alpha value is -0.0800. The SMILES string of the molecule is CC(C)CC1CNC(C)NCC(C)C1. The van der Waals surface area contributed by atoms with Gasteiger partial charge in [0.15, 0.2) is 0 Å². The van der Waals surface area contributed by atoms with Gasteiger partial charge in [-0.25, -0.2) is 0 Å². The Labute approximate surface area is 88.8 Å². The maximum absolute atomic E-state index is 3.55. The highest BCUT2D eigenvalue weighted by atomic mass is 15.1. The third-order valence-electron chi connectivity index (χ3n) is 3.03. The van der Waals surface area contributed by atoms with Crippen molar-refractivity contribution in [1.29, 1.82) is 0 Å². The molecule has 1 fully saturated rings. The van der Waals surface area contributed by atoms with Crippen molar-refractivity contribution in [3.05, 3.63) is 0 Å². The molecule has 84 valence electrons. The molecular weight excluding hydrogens is 172 g/mol. The Kier molecular flexibility index (Phi) is 4.90. The summed E-state index contributed by atoms with van der Waals surface area (Å²) in [6.45, 7) is 11.6. The van der Waals surface area contributed by atoms with Crippen LogP contribution >= 0.6 is 0 Å². The van der Waals surface area contributed by atoms with Crippen molar-refractivity contribution in [2.45, 2.75) is 46.7 Å². The molecule has 0 radical (unpaired) electrons. The van der Waals surface area contributed by atoms with Crippen LogP contribution in [0.5, 0.6) is 0 Å². The highest BCUT2D eigenvalue weighted by molar-refractivity contribution is 4.74. The predicted molar refractivity (Wildman–Crippen MR) is 62.2 cm³/mol. The molecule has 0 aromatic heterocycles. The quantitative estimate of drug-likeness (QED) is 0.711. The molecule has 0 aromatic carbocycles. The molecule has 14 heavy (non-hydrogen) atoms. The maximum Gasteiger partial charge on any atom is 0.0542 e. The minimum absolute atomic E-state index is 0.479. The molecule has 0 aromatic rings. The van der Waals surface area contributed by atoms with Gasteiger partial charge in [0.25, 0.3) is 0 Å². The molecule has 0 aliphatic carbocycles. The molecule has 1 heterocycles. The van der Waals surface area contributed by atoms with Gasteiger partial charge < -0.3 is 10.6 Å². The lowest BCUT2D eigenvalue weighted by Gasteiger charge is -2.29. The van der Waals surface area contributed by atoms with Crippen LogP contribution in [0.1, 0.15) is 40.5 Å². The van der Waals surface area contributed by atoms with E-state index >= 15 is 0 Å². The summed E-state index contributed by atoms with van der Waals surface area (Å²) in [6, 6.07) is 0. The van der Waals surface area contributed by atoms with Crippen molar-refractivity contribution in [3.8, 4) is 0 Å². The molecule has 1 aliphatic rings. The van der Waals surface area contributed by atoms with Gasteiger partial charge >= 0.3 is 0 Å². The van der Waals surface area contributed by atoms with Crippen LogP contribution < -0.4 is 10.6 Å². The second-order valence-electron chi connectivity index (χ2n) is 5.37.